The molecule has 0 radical (unpaired) electrons. The van der Waals surface area contributed by atoms with Crippen LogP contribution in [0.5, 0.6) is 5.75 Å². The fraction of sp³-hybridized carbons (Fsp3) is 0.500. The zero-order valence-electron chi connectivity index (χ0n) is 10.1. The Morgan fingerprint density at radius 3 is 2.69 bits per heavy atom. The van der Waals surface area contributed by atoms with Gasteiger partial charge >= 0.3 is 0 Å². The second-order valence-corrected chi connectivity index (χ2v) is 4.16. The maximum absolute atomic E-state index is 6.20. The molecule has 0 aromatic heterocycles. The van der Waals surface area contributed by atoms with E-state index in [0.29, 0.717) is 6.54 Å². The highest BCUT2D eigenvalue weighted by Crippen LogP contribution is 2.35. The zero-order chi connectivity index (χ0) is 12.1. The molecule has 0 heterocycles. The molecule has 0 bridgehead atoms. The topological polar surface area (TPSA) is 47.3 Å². The molecular formula is C12H19ClN2O. The summed E-state index contributed by atoms with van der Waals surface area (Å²) in [5, 5.41) is 4.10. The Hall–Kier alpha value is -0.930. The lowest BCUT2D eigenvalue weighted by atomic mass is 10.1. The highest BCUT2D eigenvalue weighted by Gasteiger charge is 2.11. The van der Waals surface area contributed by atoms with E-state index in [9.17, 15) is 0 Å². The molecule has 0 amide bonds. The number of nitrogens with one attached hydrogen (secondary N) is 1. The standard InChI is InChI=1S/C12H19ClN2O/c1-8-7-10(16-3)12(9(2)11(8)13)15-6-4-5-14/h7,15H,4-6,14H2,1-3H3. The number of hydrogen-bond acceptors (Lipinski definition) is 3. The molecule has 0 spiro atoms. The number of rotatable bonds is 5. The third-order valence-electron chi connectivity index (χ3n) is 2.55. The maximum Gasteiger partial charge on any atom is 0.142 e. The Bertz CT molecular complexity index is 367. The molecule has 0 atom stereocenters. The van der Waals surface area contributed by atoms with E-state index in [1.54, 1.807) is 7.11 Å². The van der Waals surface area contributed by atoms with Gasteiger partial charge in [-0.2, -0.15) is 0 Å². The van der Waals surface area contributed by atoms with Crippen LogP contribution in [-0.2, 0) is 0 Å². The van der Waals surface area contributed by atoms with Crippen LogP contribution in [0.2, 0.25) is 5.02 Å². The van der Waals surface area contributed by atoms with Crippen LogP contribution < -0.4 is 15.8 Å². The second kappa shape index (κ2) is 5.97. The quantitative estimate of drug-likeness (QED) is 0.781. The second-order valence-electron chi connectivity index (χ2n) is 3.78. The lowest BCUT2D eigenvalue weighted by Gasteiger charge is -2.16. The molecule has 0 aliphatic carbocycles. The van der Waals surface area contributed by atoms with Crippen LogP contribution >= 0.6 is 11.6 Å². The molecule has 16 heavy (non-hydrogen) atoms. The van der Waals surface area contributed by atoms with Crippen molar-refractivity contribution in [1.82, 2.24) is 0 Å². The Morgan fingerprint density at radius 2 is 2.12 bits per heavy atom. The van der Waals surface area contributed by atoms with E-state index in [1.165, 1.54) is 0 Å². The van der Waals surface area contributed by atoms with Crippen molar-refractivity contribution in [3.05, 3.63) is 22.2 Å². The highest BCUT2D eigenvalue weighted by atomic mass is 35.5. The Balaban J connectivity index is 3.00. The largest absolute Gasteiger partial charge is 0.495 e. The number of halogens is 1. The van der Waals surface area contributed by atoms with Gasteiger partial charge in [-0.25, -0.2) is 0 Å². The van der Waals surface area contributed by atoms with Gasteiger partial charge in [0, 0.05) is 11.6 Å². The first-order valence-corrected chi connectivity index (χ1v) is 5.77. The van der Waals surface area contributed by atoms with E-state index in [1.807, 2.05) is 19.9 Å². The number of ether oxygens (including phenoxy) is 1. The Labute approximate surface area is 102 Å². The average molecular weight is 243 g/mol. The normalized spacial score (nSPS) is 10.3. The minimum atomic E-state index is 0.675. The van der Waals surface area contributed by atoms with Crippen molar-refractivity contribution in [2.24, 2.45) is 5.73 Å². The number of hydrogen-bond donors (Lipinski definition) is 2. The highest BCUT2D eigenvalue weighted by molar-refractivity contribution is 6.32. The zero-order valence-corrected chi connectivity index (χ0v) is 10.8. The summed E-state index contributed by atoms with van der Waals surface area (Å²) < 4.78 is 5.34. The molecule has 4 heteroatoms. The fourth-order valence-electron chi connectivity index (χ4n) is 1.62. The molecule has 0 unspecified atom stereocenters. The summed E-state index contributed by atoms with van der Waals surface area (Å²) in [6.45, 7) is 5.46. The Morgan fingerprint density at radius 1 is 1.44 bits per heavy atom. The van der Waals surface area contributed by atoms with Gasteiger partial charge in [-0.15, -0.1) is 0 Å². The molecule has 0 fully saturated rings. The number of methoxy groups -OCH3 is 1. The molecule has 0 aliphatic rings. The first-order chi connectivity index (χ1) is 7.61. The molecular weight excluding hydrogens is 224 g/mol. The predicted octanol–water partition coefficient (Wildman–Crippen LogP) is 2.73. The molecule has 1 rings (SSSR count). The van der Waals surface area contributed by atoms with E-state index >= 15 is 0 Å². The molecule has 1 aromatic carbocycles. The lowest BCUT2D eigenvalue weighted by molar-refractivity contribution is 0.416. The molecule has 3 nitrogen and oxygen atoms in total. The summed E-state index contributed by atoms with van der Waals surface area (Å²) in [7, 11) is 1.66. The minimum absolute atomic E-state index is 0.675. The fourth-order valence-corrected chi connectivity index (χ4v) is 1.77. The summed E-state index contributed by atoms with van der Waals surface area (Å²) in [4.78, 5) is 0. The van der Waals surface area contributed by atoms with Crippen LogP contribution in [0.1, 0.15) is 17.5 Å². The number of benzene rings is 1. The lowest BCUT2D eigenvalue weighted by Crippen LogP contribution is -2.10. The smallest absolute Gasteiger partial charge is 0.142 e. The van der Waals surface area contributed by atoms with Gasteiger partial charge in [0.1, 0.15) is 5.75 Å². The van der Waals surface area contributed by atoms with Gasteiger partial charge in [0.25, 0.3) is 0 Å². The predicted molar refractivity (Wildman–Crippen MR) is 69.6 cm³/mol. The van der Waals surface area contributed by atoms with E-state index in [4.69, 9.17) is 22.1 Å². The van der Waals surface area contributed by atoms with Crippen molar-refractivity contribution in [3.63, 3.8) is 0 Å². The van der Waals surface area contributed by atoms with Gasteiger partial charge in [0.2, 0.25) is 0 Å². The van der Waals surface area contributed by atoms with Gasteiger partial charge in [-0.05, 0) is 44.0 Å². The van der Waals surface area contributed by atoms with Crippen molar-refractivity contribution >= 4 is 17.3 Å². The van der Waals surface area contributed by atoms with E-state index in [2.05, 4.69) is 5.32 Å². The van der Waals surface area contributed by atoms with Crippen LogP contribution in [0.25, 0.3) is 0 Å². The van der Waals surface area contributed by atoms with Crippen molar-refractivity contribution in [3.8, 4) is 5.75 Å². The summed E-state index contributed by atoms with van der Waals surface area (Å²) >= 11 is 6.20. The first kappa shape index (κ1) is 13.1. The molecule has 1 aromatic rings. The van der Waals surface area contributed by atoms with Crippen molar-refractivity contribution in [2.75, 3.05) is 25.5 Å². The Kier molecular flexibility index (Phi) is 4.90. The summed E-state index contributed by atoms with van der Waals surface area (Å²) in [6.07, 6.45) is 0.925. The van der Waals surface area contributed by atoms with Crippen LogP contribution in [0.4, 0.5) is 5.69 Å². The molecule has 0 saturated heterocycles. The van der Waals surface area contributed by atoms with Crippen molar-refractivity contribution < 1.29 is 4.74 Å². The monoisotopic (exact) mass is 242 g/mol. The first-order valence-electron chi connectivity index (χ1n) is 5.39. The third kappa shape index (κ3) is 2.80. The van der Waals surface area contributed by atoms with Gasteiger partial charge in [0.15, 0.2) is 0 Å². The summed E-state index contributed by atoms with van der Waals surface area (Å²) in [5.41, 5.74) is 8.47. The summed E-state index contributed by atoms with van der Waals surface area (Å²) in [5.74, 6) is 0.830. The number of anilines is 1. The van der Waals surface area contributed by atoms with Gasteiger partial charge < -0.3 is 15.8 Å². The van der Waals surface area contributed by atoms with E-state index < -0.39 is 0 Å². The number of nitrogens with two attached hydrogens (primary N) is 1. The number of aryl methyl sites for hydroxylation is 1. The SMILES string of the molecule is COc1cc(C)c(Cl)c(C)c1NCCCN. The van der Waals surface area contributed by atoms with Crippen LogP contribution in [0.15, 0.2) is 6.07 Å². The van der Waals surface area contributed by atoms with Crippen molar-refractivity contribution in [1.29, 1.82) is 0 Å². The van der Waals surface area contributed by atoms with Gasteiger partial charge in [-0.3, -0.25) is 0 Å². The van der Waals surface area contributed by atoms with Crippen LogP contribution in [0, 0.1) is 13.8 Å². The van der Waals surface area contributed by atoms with E-state index in [-0.39, 0.29) is 0 Å². The molecule has 3 N–H and O–H groups in total. The molecule has 90 valence electrons. The van der Waals surface area contributed by atoms with Crippen molar-refractivity contribution in [2.45, 2.75) is 20.3 Å². The average Bonchev–Trinajstić information content (AvgIpc) is 2.29. The minimum Gasteiger partial charge on any atom is -0.495 e. The van der Waals surface area contributed by atoms with Crippen LogP contribution in [-0.4, -0.2) is 20.2 Å². The molecule has 0 aliphatic heterocycles. The molecule has 0 saturated carbocycles. The third-order valence-corrected chi connectivity index (χ3v) is 3.13. The maximum atomic E-state index is 6.20. The van der Waals surface area contributed by atoms with Gasteiger partial charge in [-0.1, -0.05) is 11.6 Å². The summed E-state index contributed by atoms with van der Waals surface area (Å²) in [6, 6.07) is 1.94. The van der Waals surface area contributed by atoms with Gasteiger partial charge in [0.05, 0.1) is 12.8 Å². The van der Waals surface area contributed by atoms with E-state index in [0.717, 1.165) is 40.6 Å². The van der Waals surface area contributed by atoms with Crippen LogP contribution in [0.3, 0.4) is 0 Å².